The smallest absolute Gasteiger partial charge is 0.274 e. The number of hydrogen-bond donors (Lipinski definition) is 3. The SMILES string of the molecule is CC(C)c1ccc(C2Nc3ccc(C(=O)NO)cc3O2)cc1. The zero-order valence-electron chi connectivity index (χ0n) is 12.5. The van der Waals surface area contributed by atoms with Gasteiger partial charge < -0.3 is 10.1 Å². The van der Waals surface area contributed by atoms with Crippen LogP contribution >= 0.6 is 0 Å². The van der Waals surface area contributed by atoms with Crippen molar-refractivity contribution in [3.63, 3.8) is 0 Å². The average molecular weight is 298 g/mol. The van der Waals surface area contributed by atoms with Crippen molar-refractivity contribution in [1.82, 2.24) is 5.48 Å². The van der Waals surface area contributed by atoms with Crippen molar-refractivity contribution in [2.45, 2.75) is 26.0 Å². The summed E-state index contributed by atoms with van der Waals surface area (Å²) in [6, 6.07) is 13.3. The molecule has 1 atom stereocenters. The molecule has 0 radical (unpaired) electrons. The summed E-state index contributed by atoms with van der Waals surface area (Å²) >= 11 is 0. The molecular weight excluding hydrogens is 280 g/mol. The van der Waals surface area contributed by atoms with E-state index in [-0.39, 0.29) is 6.23 Å². The van der Waals surface area contributed by atoms with Gasteiger partial charge in [0, 0.05) is 11.1 Å². The predicted octanol–water partition coefficient (Wildman–Crippen LogP) is 3.43. The summed E-state index contributed by atoms with van der Waals surface area (Å²) in [5.74, 6) is 0.526. The Morgan fingerprint density at radius 1 is 1.23 bits per heavy atom. The Bertz CT molecular complexity index is 696. The molecule has 1 aliphatic heterocycles. The van der Waals surface area contributed by atoms with Crippen LogP contribution in [0.15, 0.2) is 42.5 Å². The Labute approximate surface area is 128 Å². The zero-order chi connectivity index (χ0) is 15.7. The van der Waals surface area contributed by atoms with Gasteiger partial charge in [-0.15, -0.1) is 0 Å². The summed E-state index contributed by atoms with van der Waals surface area (Å²) in [6.45, 7) is 4.31. The molecule has 3 rings (SSSR count). The lowest BCUT2D eigenvalue weighted by Gasteiger charge is -2.13. The van der Waals surface area contributed by atoms with Crippen molar-refractivity contribution in [1.29, 1.82) is 0 Å². The van der Waals surface area contributed by atoms with E-state index in [2.05, 4.69) is 31.3 Å². The highest BCUT2D eigenvalue weighted by atomic mass is 16.5. The molecular formula is C17H18N2O3. The fourth-order valence-electron chi connectivity index (χ4n) is 2.45. The highest BCUT2D eigenvalue weighted by Gasteiger charge is 2.24. The molecule has 2 aromatic carbocycles. The molecule has 0 bridgehead atoms. The topological polar surface area (TPSA) is 70.6 Å². The van der Waals surface area contributed by atoms with Gasteiger partial charge in [0.25, 0.3) is 5.91 Å². The van der Waals surface area contributed by atoms with E-state index < -0.39 is 5.91 Å². The van der Waals surface area contributed by atoms with E-state index in [1.165, 1.54) is 5.56 Å². The number of hydrogen-bond acceptors (Lipinski definition) is 4. The molecule has 1 amide bonds. The van der Waals surface area contributed by atoms with Gasteiger partial charge in [0.15, 0.2) is 6.23 Å². The molecule has 0 spiro atoms. The molecule has 0 saturated heterocycles. The highest BCUT2D eigenvalue weighted by molar-refractivity contribution is 5.94. The van der Waals surface area contributed by atoms with Crippen LogP contribution in [0.1, 0.15) is 47.5 Å². The lowest BCUT2D eigenvalue weighted by molar-refractivity contribution is 0.0706. The number of hydroxylamine groups is 1. The largest absolute Gasteiger partial charge is 0.464 e. The van der Waals surface area contributed by atoms with Crippen molar-refractivity contribution in [3.8, 4) is 5.75 Å². The van der Waals surface area contributed by atoms with Crippen molar-refractivity contribution in [3.05, 3.63) is 59.2 Å². The maximum absolute atomic E-state index is 11.4. The first-order valence-electron chi connectivity index (χ1n) is 7.20. The van der Waals surface area contributed by atoms with E-state index in [1.54, 1.807) is 23.7 Å². The van der Waals surface area contributed by atoms with Gasteiger partial charge in [-0.25, -0.2) is 5.48 Å². The first-order valence-corrected chi connectivity index (χ1v) is 7.20. The number of benzene rings is 2. The molecule has 1 heterocycles. The van der Waals surface area contributed by atoms with Gasteiger partial charge in [-0.3, -0.25) is 10.0 Å². The lowest BCUT2D eigenvalue weighted by atomic mass is 10.0. The number of anilines is 1. The standard InChI is InChI=1S/C17H18N2O3/c1-10(2)11-3-5-12(6-4-11)17-18-14-8-7-13(16(20)19-21)9-15(14)22-17/h3-10,17-18,21H,1-2H3,(H,19,20). The Balaban J connectivity index is 1.80. The minimum absolute atomic E-state index is 0.274. The van der Waals surface area contributed by atoms with Crippen LogP contribution in [0.4, 0.5) is 5.69 Å². The zero-order valence-corrected chi connectivity index (χ0v) is 12.5. The van der Waals surface area contributed by atoms with Crippen LogP contribution in [0, 0.1) is 0 Å². The van der Waals surface area contributed by atoms with Gasteiger partial charge in [0.2, 0.25) is 0 Å². The predicted molar refractivity (Wildman–Crippen MR) is 83.2 cm³/mol. The van der Waals surface area contributed by atoms with Crippen molar-refractivity contribution >= 4 is 11.6 Å². The van der Waals surface area contributed by atoms with Crippen LogP contribution in [0.25, 0.3) is 0 Å². The number of carbonyl (C=O) groups is 1. The first kappa shape index (κ1) is 14.4. The minimum Gasteiger partial charge on any atom is -0.464 e. The third-order valence-electron chi connectivity index (χ3n) is 3.78. The summed E-state index contributed by atoms with van der Waals surface area (Å²) < 4.78 is 5.86. The molecule has 0 aromatic heterocycles. The Morgan fingerprint density at radius 3 is 2.59 bits per heavy atom. The normalized spacial score (nSPS) is 15.9. The average Bonchev–Trinajstić information content (AvgIpc) is 2.97. The summed E-state index contributed by atoms with van der Waals surface area (Å²) in [7, 11) is 0. The Hall–Kier alpha value is -2.53. The van der Waals surface area contributed by atoms with Crippen LogP contribution in [-0.4, -0.2) is 11.1 Å². The van der Waals surface area contributed by atoms with Crippen LogP contribution in [0.3, 0.4) is 0 Å². The molecule has 5 nitrogen and oxygen atoms in total. The minimum atomic E-state index is -0.559. The van der Waals surface area contributed by atoms with E-state index in [4.69, 9.17) is 9.94 Å². The molecule has 2 aromatic rings. The fourth-order valence-corrected chi connectivity index (χ4v) is 2.45. The number of carbonyl (C=O) groups excluding carboxylic acids is 1. The fraction of sp³-hybridized carbons (Fsp3) is 0.235. The summed E-state index contributed by atoms with van der Waals surface area (Å²) in [5, 5.41) is 11.9. The quantitative estimate of drug-likeness (QED) is 0.599. The van der Waals surface area contributed by atoms with Gasteiger partial charge in [0.05, 0.1) is 5.69 Å². The van der Waals surface area contributed by atoms with E-state index in [9.17, 15) is 4.79 Å². The maximum atomic E-state index is 11.4. The van der Waals surface area contributed by atoms with Crippen LogP contribution in [0.5, 0.6) is 5.75 Å². The van der Waals surface area contributed by atoms with Crippen LogP contribution < -0.4 is 15.5 Å². The second kappa shape index (κ2) is 5.69. The third kappa shape index (κ3) is 2.63. The monoisotopic (exact) mass is 298 g/mol. The number of rotatable bonds is 3. The van der Waals surface area contributed by atoms with Crippen molar-refractivity contribution in [2.75, 3.05) is 5.32 Å². The van der Waals surface area contributed by atoms with Crippen molar-refractivity contribution < 1.29 is 14.7 Å². The Kier molecular flexibility index (Phi) is 3.73. The second-order valence-corrected chi connectivity index (χ2v) is 5.62. The molecule has 3 N–H and O–H groups in total. The van der Waals surface area contributed by atoms with E-state index in [0.717, 1.165) is 11.3 Å². The van der Waals surface area contributed by atoms with Gasteiger partial charge in [-0.05, 0) is 29.7 Å². The summed E-state index contributed by atoms with van der Waals surface area (Å²) in [5.41, 5.74) is 5.09. The molecule has 1 aliphatic rings. The number of ether oxygens (including phenoxy) is 1. The van der Waals surface area contributed by atoms with Gasteiger partial charge in [-0.1, -0.05) is 38.1 Å². The number of fused-ring (bicyclic) bond motifs is 1. The number of amides is 1. The second-order valence-electron chi connectivity index (χ2n) is 5.62. The van der Waals surface area contributed by atoms with Crippen LogP contribution in [0.2, 0.25) is 0 Å². The summed E-state index contributed by atoms with van der Waals surface area (Å²) in [6.07, 6.45) is -0.274. The van der Waals surface area contributed by atoms with Gasteiger partial charge >= 0.3 is 0 Å². The molecule has 114 valence electrons. The molecule has 0 saturated carbocycles. The van der Waals surface area contributed by atoms with Gasteiger partial charge in [-0.2, -0.15) is 0 Å². The summed E-state index contributed by atoms with van der Waals surface area (Å²) in [4.78, 5) is 11.4. The highest BCUT2D eigenvalue weighted by Crippen LogP contribution is 2.38. The molecule has 5 heteroatoms. The molecule has 0 aliphatic carbocycles. The van der Waals surface area contributed by atoms with E-state index in [1.807, 2.05) is 12.1 Å². The van der Waals surface area contributed by atoms with E-state index in [0.29, 0.717) is 17.2 Å². The van der Waals surface area contributed by atoms with E-state index >= 15 is 0 Å². The third-order valence-corrected chi connectivity index (χ3v) is 3.78. The van der Waals surface area contributed by atoms with Crippen molar-refractivity contribution in [2.24, 2.45) is 0 Å². The first-order chi connectivity index (χ1) is 10.6. The van der Waals surface area contributed by atoms with Gasteiger partial charge in [0.1, 0.15) is 5.75 Å². The number of nitrogens with one attached hydrogen (secondary N) is 2. The molecule has 0 fully saturated rings. The lowest BCUT2D eigenvalue weighted by Crippen LogP contribution is -2.18. The maximum Gasteiger partial charge on any atom is 0.274 e. The molecule has 22 heavy (non-hydrogen) atoms. The van der Waals surface area contributed by atoms with Crippen LogP contribution in [-0.2, 0) is 0 Å². The Morgan fingerprint density at radius 2 is 1.95 bits per heavy atom. The molecule has 1 unspecified atom stereocenters.